The molecule has 4 nitrogen and oxygen atoms in total. The third-order valence-electron chi connectivity index (χ3n) is 4.28. The molecule has 1 heterocycles. The minimum Gasteiger partial charge on any atom is -0.389 e. The third kappa shape index (κ3) is 4.19. The molecule has 106 valence electrons. The van der Waals surface area contributed by atoms with Crippen LogP contribution >= 0.6 is 0 Å². The van der Waals surface area contributed by atoms with Crippen LogP contribution in [0.5, 0.6) is 0 Å². The molecule has 18 heavy (non-hydrogen) atoms. The second-order valence-corrected chi connectivity index (χ2v) is 6.69. The zero-order valence-corrected chi connectivity index (χ0v) is 11.9. The summed E-state index contributed by atoms with van der Waals surface area (Å²) in [5, 5.41) is 9.84. The van der Waals surface area contributed by atoms with Crippen LogP contribution < -0.4 is 5.73 Å². The Labute approximate surface area is 111 Å². The molecule has 1 saturated carbocycles. The van der Waals surface area contributed by atoms with Crippen molar-refractivity contribution in [3.8, 4) is 0 Å². The van der Waals surface area contributed by atoms with Gasteiger partial charge in [0.2, 0.25) is 0 Å². The van der Waals surface area contributed by atoms with E-state index in [2.05, 4.69) is 9.80 Å². The van der Waals surface area contributed by atoms with Crippen LogP contribution in [0.2, 0.25) is 0 Å². The van der Waals surface area contributed by atoms with E-state index < -0.39 is 5.60 Å². The summed E-state index contributed by atoms with van der Waals surface area (Å²) < 4.78 is 0. The van der Waals surface area contributed by atoms with Crippen molar-refractivity contribution in [2.24, 2.45) is 5.73 Å². The number of rotatable bonds is 3. The van der Waals surface area contributed by atoms with Gasteiger partial charge in [0.1, 0.15) is 0 Å². The van der Waals surface area contributed by atoms with Gasteiger partial charge in [0.25, 0.3) is 0 Å². The van der Waals surface area contributed by atoms with Gasteiger partial charge in [0.05, 0.1) is 5.60 Å². The summed E-state index contributed by atoms with van der Waals surface area (Å²) in [4.78, 5) is 5.01. The topological polar surface area (TPSA) is 52.7 Å². The number of nitrogens with two attached hydrogens (primary N) is 1. The van der Waals surface area contributed by atoms with Gasteiger partial charge in [-0.2, -0.15) is 0 Å². The fourth-order valence-corrected chi connectivity index (χ4v) is 3.30. The number of β-amino-alcohol motifs (C(OH)–C–C–N with tert-alkyl or cyclic N) is 1. The summed E-state index contributed by atoms with van der Waals surface area (Å²) in [6, 6.07) is 1.20. The number of piperazine rings is 1. The van der Waals surface area contributed by atoms with E-state index in [0.29, 0.717) is 6.04 Å². The molecule has 0 amide bonds. The van der Waals surface area contributed by atoms with Crippen molar-refractivity contribution in [3.05, 3.63) is 0 Å². The van der Waals surface area contributed by atoms with Crippen LogP contribution in [0, 0.1) is 0 Å². The summed E-state index contributed by atoms with van der Waals surface area (Å²) >= 11 is 0. The Bertz CT molecular complexity index is 248. The van der Waals surface area contributed by atoms with Gasteiger partial charge in [-0.3, -0.25) is 9.80 Å². The zero-order valence-electron chi connectivity index (χ0n) is 11.9. The Kier molecular flexibility index (Phi) is 4.64. The molecule has 0 aromatic rings. The van der Waals surface area contributed by atoms with Crippen LogP contribution in [0.4, 0.5) is 0 Å². The molecule has 2 rings (SSSR count). The van der Waals surface area contributed by atoms with Gasteiger partial charge in [-0.15, -0.1) is 0 Å². The van der Waals surface area contributed by atoms with E-state index in [4.69, 9.17) is 5.73 Å². The highest BCUT2D eigenvalue weighted by Crippen LogP contribution is 2.23. The smallest absolute Gasteiger partial charge is 0.0718 e. The SMILES string of the molecule is CC(C)(O)CN1CCN(C2CCC(N)CC2)CC1. The summed E-state index contributed by atoms with van der Waals surface area (Å²) in [7, 11) is 0. The summed E-state index contributed by atoms with van der Waals surface area (Å²) in [5.74, 6) is 0. The average molecular weight is 255 g/mol. The molecule has 0 aromatic heterocycles. The molecule has 0 radical (unpaired) electrons. The molecule has 0 atom stereocenters. The zero-order chi connectivity index (χ0) is 13.2. The molecule has 1 aliphatic carbocycles. The Morgan fingerprint density at radius 1 is 1.06 bits per heavy atom. The quantitative estimate of drug-likeness (QED) is 0.777. The number of hydrogen-bond donors (Lipinski definition) is 2. The molecule has 2 fully saturated rings. The Morgan fingerprint density at radius 2 is 1.61 bits per heavy atom. The maximum absolute atomic E-state index is 9.84. The minimum atomic E-state index is -0.570. The summed E-state index contributed by atoms with van der Waals surface area (Å²) in [6.07, 6.45) is 4.92. The Balaban J connectivity index is 1.73. The maximum Gasteiger partial charge on any atom is 0.0718 e. The van der Waals surface area contributed by atoms with Crippen molar-refractivity contribution in [3.63, 3.8) is 0 Å². The molecular weight excluding hydrogens is 226 g/mol. The van der Waals surface area contributed by atoms with Gasteiger partial charge in [0, 0.05) is 44.8 Å². The lowest BCUT2D eigenvalue weighted by Crippen LogP contribution is -2.54. The fraction of sp³-hybridized carbons (Fsp3) is 1.00. The van der Waals surface area contributed by atoms with Gasteiger partial charge < -0.3 is 10.8 Å². The van der Waals surface area contributed by atoms with Crippen LogP contribution in [0.1, 0.15) is 39.5 Å². The lowest BCUT2D eigenvalue weighted by Gasteiger charge is -2.42. The van der Waals surface area contributed by atoms with Crippen molar-refractivity contribution in [1.82, 2.24) is 9.80 Å². The monoisotopic (exact) mass is 255 g/mol. The Hall–Kier alpha value is -0.160. The van der Waals surface area contributed by atoms with Gasteiger partial charge in [0.15, 0.2) is 0 Å². The van der Waals surface area contributed by atoms with Crippen molar-refractivity contribution in [1.29, 1.82) is 0 Å². The predicted octanol–water partition coefficient (Wildman–Crippen LogP) is 0.645. The standard InChI is InChI=1S/C14H29N3O/c1-14(2,18)11-16-7-9-17(10-8-16)13-5-3-12(15)4-6-13/h12-13,18H,3-11,15H2,1-2H3. The van der Waals surface area contributed by atoms with Gasteiger partial charge in [-0.05, 0) is 39.5 Å². The second kappa shape index (κ2) is 5.87. The van der Waals surface area contributed by atoms with Crippen molar-refractivity contribution in [2.45, 2.75) is 57.2 Å². The van der Waals surface area contributed by atoms with E-state index >= 15 is 0 Å². The van der Waals surface area contributed by atoms with E-state index in [1.54, 1.807) is 0 Å². The van der Waals surface area contributed by atoms with Gasteiger partial charge >= 0.3 is 0 Å². The maximum atomic E-state index is 9.84. The lowest BCUT2D eigenvalue weighted by atomic mass is 9.90. The highest BCUT2D eigenvalue weighted by atomic mass is 16.3. The van der Waals surface area contributed by atoms with E-state index in [-0.39, 0.29) is 0 Å². The molecule has 1 saturated heterocycles. The molecule has 4 heteroatoms. The first-order chi connectivity index (χ1) is 8.44. The first kappa shape index (κ1) is 14.3. The van der Waals surface area contributed by atoms with Crippen molar-refractivity contribution >= 4 is 0 Å². The van der Waals surface area contributed by atoms with Crippen LogP contribution in [-0.4, -0.2) is 65.3 Å². The molecule has 0 aromatic carbocycles. The van der Waals surface area contributed by atoms with Crippen molar-refractivity contribution in [2.75, 3.05) is 32.7 Å². The Morgan fingerprint density at radius 3 is 2.11 bits per heavy atom. The molecule has 0 spiro atoms. The molecule has 2 aliphatic rings. The largest absolute Gasteiger partial charge is 0.389 e. The molecular formula is C14H29N3O. The van der Waals surface area contributed by atoms with Gasteiger partial charge in [-0.1, -0.05) is 0 Å². The van der Waals surface area contributed by atoms with E-state index in [0.717, 1.165) is 38.8 Å². The van der Waals surface area contributed by atoms with Crippen LogP contribution in [0.15, 0.2) is 0 Å². The predicted molar refractivity (Wildman–Crippen MR) is 74.5 cm³/mol. The van der Waals surface area contributed by atoms with Crippen LogP contribution in [-0.2, 0) is 0 Å². The van der Waals surface area contributed by atoms with Crippen LogP contribution in [0.3, 0.4) is 0 Å². The molecule has 3 N–H and O–H groups in total. The first-order valence-electron chi connectivity index (χ1n) is 7.38. The lowest BCUT2D eigenvalue weighted by molar-refractivity contribution is 0.00714. The highest BCUT2D eigenvalue weighted by Gasteiger charge is 2.28. The third-order valence-corrected chi connectivity index (χ3v) is 4.28. The normalized spacial score (nSPS) is 32.7. The minimum absolute atomic E-state index is 0.442. The number of aliphatic hydroxyl groups is 1. The van der Waals surface area contributed by atoms with E-state index in [1.807, 2.05) is 13.8 Å². The molecule has 1 aliphatic heterocycles. The summed E-state index contributed by atoms with van der Waals surface area (Å²) in [6.45, 7) is 9.05. The average Bonchev–Trinajstić information content (AvgIpc) is 2.29. The van der Waals surface area contributed by atoms with Crippen molar-refractivity contribution < 1.29 is 5.11 Å². The molecule has 0 unspecified atom stereocenters. The van der Waals surface area contributed by atoms with Gasteiger partial charge in [-0.25, -0.2) is 0 Å². The van der Waals surface area contributed by atoms with E-state index in [1.165, 1.54) is 25.7 Å². The molecule has 0 bridgehead atoms. The second-order valence-electron chi connectivity index (χ2n) is 6.69. The number of hydrogen-bond acceptors (Lipinski definition) is 4. The van der Waals surface area contributed by atoms with E-state index in [9.17, 15) is 5.11 Å². The highest BCUT2D eigenvalue weighted by molar-refractivity contribution is 4.85. The first-order valence-corrected chi connectivity index (χ1v) is 7.38. The number of nitrogens with zero attached hydrogens (tertiary/aromatic N) is 2. The summed E-state index contributed by atoms with van der Waals surface area (Å²) in [5.41, 5.74) is 5.39. The fourth-order valence-electron chi connectivity index (χ4n) is 3.30. The van der Waals surface area contributed by atoms with Crippen LogP contribution in [0.25, 0.3) is 0 Å².